The van der Waals surface area contributed by atoms with Crippen LogP contribution in [0.15, 0.2) is 59.6 Å². The van der Waals surface area contributed by atoms with Gasteiger partial charge in [0.05, 0.1) is 19.0 Å². The Morgan fingerprint density at radius 1 is 1.13 bits per heavy atom. The minimum Gasteiger partial charge on any atom is -0.369 e. The van der Waals surface area contributed by atoms with Crippen LogP contribution in [0.5, 0.6) is 0 Å². The lowest BCUT2D eigenvalue weighted by Crippen LogP contribution is -2.47. The van der Waals surface area contributed by atoms with Gasteiger partial charge in [0, 0.05) is 12.1 Å². The molecule has 1 unspecified atom stereocenters. The Morgan fingerprint density at radius 2 is 1.80 bits per heavy atom. The first kappa shape index (κ1) is 23.1. The average molecular weight is 409 g/mol. The van der Waals surface area contributed by atoms with Crippen molar-refractivity contribution in [3.8, 4) is 0 Å². The van der Waals surface area contributed by atoms with Crippen molar-refractivity contribution < 1.29 is 9.59 Å². The van der Waals surface area contributed by atoms with E-state index in [1.54, 1.807) is 12.1 Å². The Kier molecular flexibility index (Phi) is 8.59. The third-order valence-corrected chi connectivity index (χ3v) is 4.85. The van der Waals surface area contributed by atoms with Gasteiger partial charge in [-0.2, -0.15) is 0 Å². The first-order valence-corrected chi connectivity index (χ1v) is 10.5. The fourth-order valence-corrected chi connectivity index (χ4v) is 3.13. The third-order valence-electron chi connectivity index (χ3n) is 4.85. The van der Waals surface area contributed by atoms with Gasteiger partial charge >= 0.3 is 0 Å². The van der Waals surface area contributed by atoms with Crippen LogP contribution in [0.2, 0.25) is 0 Å². The summed E-state index contributed by atoms with van der Waals surface area (Å²) in [5, 5.41) is 2.91. The van der Waals surface area contributed by atoms with Gasteiger partial charge in [-0.1, -0.05) is 70.2 Å². The van der Waals surface area contributed by atoms with Crippen molar-refractivity contribution in [3.05, 3.63) is 71.3 Å². The zero-order valence-corrected chi connectivity index (χ0v) is 18.3. The van der Waals surface area contributed by atoms with Crippen LogP contribution in [0, 0.1) is 5.92 Å². The minimum absolute atomic E-state index is 0.0369. The van der Waals surface area contributed by atoms with Gasteiger partial charge in [0.1, 0.15) is 0 Å². The van der Waals surface area contributed by atoms with Gasteiger partial charge in [0.2, 0.25) is 5.91 Å². The molecular formula is C24H32N4O2. The molecule has 0 spiro atoms. The van der Waals surface area contributed by atoms with Crippen LogP contribution in [-0.4, -0.2) is 28.7 Å². The standard InChI is InChI=1S/C22H26N4O2.C2H6/c1-15(2)19-12-20(27)26(22(23)25-19)14-17-9-6-10-18(11-17)21(28)24-13-16-7-4-3-5-8-16;1-2/h3-11,15,19H,12-14H2,1-2H3,(H2,23,25)(H,24,28);1-2H3. The first-order chi connectivity index (χ1) is 14.4. The van der Waals surface area contributed by atoms with Crippen molar-refractivity contribution in [1.29, 1.82) is 0 Å². The van der Waals surface area contributed by atoms with E-state index in [1.165, 1.54) is 4.90 Å². The van der Waals surface area contributed by atoms with Crippen molar-refractivity contribution in [1.82, 2.24) is 10.2 Å². The Hall–Kier alpha value is -3.15. The quantitative estimate of drug-likeness (QED) is 0.764. The lowest BCUT2D eigenvalue weighted by Gasteiger charge is -2.30. The summed E-state index contributed by atoms with van der Waals surface area (Å²) in [5.74, 6) is 0.317. The minimum atomic E-state index is -0.155. The van der Waals surface area contributed by atoms with Gasteiger partial charge in [-0.15, -0.1) is 0 Å². The molecule has 160 valence electrons. The van der Waals surface area contributed by atoms with Gasteiger partial charge in [0.25, 0.3) is 5.91 Å². The molecule has 1 aliphatic rings. The molecule has 0 saturated heterocycles. The fourth-order valence-electron chi connectivity index (χ4n) is 3.13. The second kappa shape index (κ2) is 11.1. The number of amides is 2. The molecule has 2 amide bonds. The Balaban J connectivity index is 0.00000155. The summed E-state index contributed by atoms with van der Waals surface area (Å²) < 4.78 is 0. The van der Waals surface area contributed by atoms with E-state index in [1.807, 2.05) is 70.2 Å². The summed E-state index contributed by atoms with van der Waals surface area (Å²) in [6.07, 6.45) is 0.357. The number of benzene rings is 2. The molecule has 1 aliphatic heterocycles. The maximum Gasteiger partial charge on any atom is 0.251 e. The second-order valence-electron chi connectivity index (χ2n) is 7.35. The second-order valence-corrected chi connectivity index (χ2v) is 7.35. The number of aliphatic imine (C=N–C) groups is 1. The summed E-state index contributed by atoms with van der Waals surface area (Å²) in [5.41, 5.74) is 8.45. The molecule has 1 atom stereocenters. The summed E-state index contributed by atoms with van der Waals surface area (Å²) in [6.45, 7) is 8.83. The zero-order chi connectivity index (χ0) is 22.1. The van der Waals surface area contributed by atoms with Crippen LogP contribution in [-0.2, 0) is 17.9 Å². The van der Waals surface area contributed by atoms with Crippen molar-refractivity contribution in [2.24, 2.45) is 16.6 Å². The largest absolute Gasteiger partial charge is 0.369 e. The maximum absolute atomic E-state index is 12.5. The van der Waals surface area contributed by atoms with E-state index in [9.17, 15) is 9.59 Å². The van der Waals surface area contributed by atoms with Crippen LogP contribution in [0.3, 0.4) is 0 Å². The third kappa shape index (κ3) is 6.17. The highest BCUT2D eigenvalue weighted by Crippen LogP contribution is 2.19. The smallest absolute Gasteiger partial charge is 0.251 e. The van der Waals surface area contributed by atoms with E-state index in [0.29, 0.717) is 25.1 Å². The number of rotatable bonds is 6. The van der Waals surface area contributed by atoms with Gasteiger partial charge < -0.3 is 11.1 Å². The van der Waals surface area contributed by atoms with Crippen LogP contribution in [0.25, 0.3) is 0 Å². The normalized spacial score (nSPS) is 15.9. The van der Waals surface area contributed by atoms with Crippen LogP contribution in [0.4, 0.5) is 0 Å². The molecular weight excluding hydrogens is 376 g/mol. The van der Waals surface area contributed by atoms with Crippen molar-refractivity contribution in [3.63, 3.8) is 0 Å². The topological polar surface area (TPSA) is 87.8 Å². The molecule has 6 nitrogen and oxygen atoms in total. The molecule has 3 rings (SSSR count). The van der Waals surface area contributed by atoms with Gasteiger partial charge in [-0.3, -0.25) is 14.5 Å². The van der Waals surface area contributed by atoms with E-state index in [4.69, 9.17) is 5.73 Å². The van der Waals surface area contributed by atoms with Crippen LogP contribution in [0.1, 0.15) is 55.6 Å². The van der Waals surface area contributed by atoms with Gasteiger partial charge in [0.15, 0.2) is 5.96 Å². The van der Waals surface area contributed by atoms with Crippen LogP contribution < -0.4 is 11.1 Å². The lowest BCUT2D eigenvalue weighted by molar-refractivity contribution is -0.129. The van der Waals surface area contributed by atoms with Gasteiger partial charge in [-0.25, -0.2) is 4.99 Å². The van der Waals surface area contributed by atoms with E-state index < -0.39 is 0 Å². The van der Waals surface area contributed by atoms with Gasteiger partial charge in [-0.05, 0) is 29.2 Å². The van der Waals surface area contributed by atoms with E-state index in [2.05, 4.69) is 10.3 Å². The maximum atomic E-state index is 12.5. The summed E-state index contributed by atoms with van der Waals surface area (Å²) in [7, 11) is 0. The summed E-state index contributed by atoms with van der Waals surface area (Å²) in [6, 6.07) is 16.9. The van der Waals surface area contributed by atoms with E-state index in [-0.39, 0.29) is 29.7 Å². The first-order valence-electron chi connectivity index (χ1n) is 10.5. The predicted octanol–water partition coefficient (Wildman–Crippen LogP) is 3.71. The molecule has 1 heterocycles. The molecule has 0 saturated carbocycles. The molecule has 0 fully saturated rings. The molecule has 0 aliphatic carbocycles. The number of nitrogens with zero attached hydrogens (tertiary/aromatic N) is 2. The Morgan fingerprint density at radius 3 is 2.43 bits per heavy atom. The van der Waals surface area contributed by atoms with Crippen molar-refractivity contribution in [2.45, 2.75) is 53.2 Å². The monoisotopic (exact) mass is 408 g/mol. The molecule has 2 aromatic carbocycles. The fraction of sp³-hybridized carbons (Fsp3) is 0.375. The molecule has 0 bridgehead atoms. The number of nitrogens with two attached hydrogens (primary N) is 1. The van der Waals surface area contributed by atoms with E-state index in [0.717, 1.165) is 11.1 Å². The molecule has 2 aromatic rings. The number of guanidine groups is 1. The summed E-state index contributed by atoms with van der Waals surface area (Å²) in [4.78, 5) is 30.9. The van der Waals surface area contributed by atoms with Crippen LogP contribution >= 0.6 is 0 Å². The molecule has 0 aromatic heterocycles. The molecule has 30 heavy (non-hydrogen) atoms. The highest BCUT2D eigenvalue weighted by molar-refractivity contribution is 5.98. The van der Waals surface area contributed by atoms with E-state index >= 15 is 0 Å². The molecule has 3 N–H and O–H groups in total. The number of carbonyl (C=O) groups excluding carboxylic acids is 2. The predicted molar refractivity (Wildman–Crippen MR) is 121 cm³/mol. The Labute approximate surface area is 179 Å². The summed E-state index contributed by atoms with van der Waals surface area (Å²) >= 11 is 0. The average Bonchev–Trinajstić information content (AvgIpc) is 2.76. The van der Waals surface area contributed by atoms with Crippen molar-refractivity contribution >= 4 is 17.8 Å². The SMILES string of the molecule is CC.CC(C)C1CC(=O)N(Cc2cccc(C(=O)NCc3ccccc3)c2)C(N)=N1. The van der Waals surface area contributed by atoms with Crippen molar-refractivity contribution in [2.75, 3.05) is 0 Å². The number of nitrogens with one attached hydrogen (secondary N) is 1. The number of hydrogen-bond donors (Lipinski definition) is 2. The lowest BCUT2D eigenvalue weighted by atomic mass is 9.99. The highest BCUT2D eigenvalue weighted by Gasteiger charge is 2.29. The number of hydrogen-bond acceptors (Lipinski definition) is 4. The molecule has 0 radical (unpaired) electrons. The zero-order valence-electron chi connectivity index (χ0n) is 18.3. The highest BCUT2D eigenvalue weighted by atomic mass is 16.2. The molecule has 6 heteroatoms. The number of carbonyl (C=O) groups is 2. The Bertz CT molecular complexity index is 878.